The van der Waals surface area contributed by atoms with Crippen LogP contribution in [0, 0.1) is 5.92 Å². The van der Waals surface area contributed by atoms with Crippen LogP contribution in [-0.4, -0.2) is 51.0 Å². The van der Waals surface area contributed by atoms with Gasteiger partial charge < -0.3 is 25.0 Å². The number of nitrogens with zero attached hydrogens (tertiary/aromatic N) is 2. The number of aromatic amines is 1. The third kappa shape index (κ3) is 4.06. The number of aliphatic hydroxyl groups is 1. The first-order chi connectivity index (χ1) is 14.0. The van der Waals surface area contributed by atoms with Crippen molar-refractivity contribution in [3.8, 4) is 0 Å². The summed E-state index contributed by atoms with van der Waals surface area (Å²) in [7, 11) is 0. The molecule has 0 unspecified atom stereocenters. The van der Waals surface area contributed by atoms with Crippen LogP contribution in [0.5, 0.6) is 0 Å². The predicted molar refractivity (Wildman–Crippen MR) is 102 cm³/mol. The summed E-state index contributed by atoms with van der Waals surface area (Å²) >= 11 is 0. The molecule has 4 rings (SSSR count). The molecule has 1 fully saturated rings. The molecule has 1 aromatic carbocycles. The highest BCUT2D eigenvalue weighted by atomic mass is 16.5. The van der Waals surface area contributed by atoms with Crippen LogP contribution in [0.15, 0.2) is 35.4 Å². The Hall–Kier alpha value is -3.04. The van der Waals surface area contributed by atoms with E-state index >= 15 is 0 Å². The van der Waals surface area contributed by atoms with Crippen LogP contribution in [0.25, 0.3) is 0 Å². The Morgan fingerprint density at radius 2 is 2.21 bits per heavy atom. The fourth-order valence-corrected chi connectivity index (χ4v) is 3.77. The van der Waals surface area contributed by atoms with E-state index in [2.05, 4.69) is 15.3 Å². The molecule has 9 heteroatoms. The van der Waals surface area contributed by atoms with Gasteiger partial charge in [-0.3, -0.25) is 14.4 Å². The van der Waals surface area contributed by atoms with Gasteiger partial charge in [0.1, 0.15) is 0 Å². The van der Waals surface area contributed by atoms with Crippen molar-refractivity contribution in [3.63, 3.8) is 0 Å². The quantitative estimate of drug-likeness (QED) is 0.663. The maximum atomic E-state index is 13.1. The van der Waals surface area contributed by atoms with E-state index in [0.717, 1.165) is 11.1 Å². The molecule has 2 aliphatic rings. The number of amides is 2. The van der Waals surface area contributed by atoms with E-state index in [9.17, 15) is 19.5 Å². The molecular weight excluding hydrogens is 376 g/mol. The number of fused-ring (bicyclic) bond motifs is 1. The molecule has 0 radical (unpaired) electrons. The smallest absolute Gasteiger partial charge is 0.254 e. The molecule has 2 amide bonds. The Morgan fingerprint density at radius 3 is 3.03 bits per heavy atom. The first kappa shape index (κ1) is 19.3. The van der Waals surface area contributed by atoms with Crippen LogP contribution < -0.4 is 10.9 Å². The number of benzene rings is 1. The zero-order valence-corrected chi connectivity index (χ0v) is 15.8. The number of nitrogens with one attached hydrogen (secondary N) is 2. The van der Waals surface area contributed by atoms with E-state index in [1.165, 1.54) is 12.4 Å². The van der Waals surface area contributed by atoms with Gasteiger partial charge in [0.2, 0.25) is 5.91 Å². The molecule has 1 saturated heterocycles. The lowest BCUT2D eigenvalue weighted by atomic mass is 9.92. The molecule has 152 valence electrons. The lowest BCUT2D eigenvalue weighted by Crippen LogP contribution is -2.51. The van der Waals surface area contributed by atoms with Crippen LogP contribution in [0.4, 0.5) is 0 Å². The molecule has 2 atom stereocenters. The Morgan fingerprint density at radius 1 is 1.34 bits per heavy atom. The third-order valence-corrected chi connectivity index (χ3v) is 5.39. The van der Waals surface area contributed by atoms with Gasteiger partial charge in [-0.15, -0.1) is 0 Å². The van der Waals surface area contributed by atoms with Gasteiger partial charge in [-0.2, -0.15) is 0 Å². The van der Waals surface area contributed by atoms with Crippen LogP contribution in [-0.2, 0) is 29.3 Å². The van der Waals surface area contributed by atoms with Crippen molar-refractivity contribution >= 4 is 11.8 Å². The van der Waals surface area contributed by atoms with Crippen molar-refractivity contribution in [2.45, 2.75) is 32.3 Å². The maximum Gasteiger partial charge on any atom is 0.254 e. The van der Waals surface area contributed by atoms with E-state index in [0.29, 0.717) is 37.4 Å². The molecule has 2 aromatic rings. The number of rotatable bonds is 4. The van der Waals surface area contributed by atoms with Crippen LogP contribution in [0.3, 0.4) is 0 Å². The summed E-state index contributed by atoms with van der Waals surface area (Å²) in [6.07, 6.45) is 0.747. The second-order valence-electron chi connectivity index (χ2n) is 7.27. The average Bonchev–Trinajstić information content (AvgIpc) is 3.21. The lowest BCUT2D eigenvalue weighted by Gasteiger charge is -2.35. The second kappa shape index (κ2) is 8.14. The normalized spacial score (nSPS) is 20.9. The summed E-state index contributed by atoms with van der Waals surface area (Å²) in [5.74, 6) is -1.28. The number of aliphatic hydroxyl groups excluding tert-OH is 1. The highest BCUT2D eigenvalue weighted by Crippen LogP contribution is 2.26. The zero-order chi connectivity index (χ0) is 20.4. The zero-order valence-electron chi connectivity index (χ0n) is 15.8. The Balaban J connectivity index is 1.44. The van der Waals surface area contributed by atoms with Crippen molar-refractivity contribution in [3.05, 3.63) is 63.3 Å². The van der Waals surface area contributed by atoms with Gasteiger partial charge in [0.15, 0.2) is 0 Å². The molecule has 1 aromatic heterocycles. The van der Waals surface area contributed by atoms with Gasteiger partial charge in [-0.25, -0.2) is 4.98 Å². The molecule has 0 saturated carbocycles. The Labute approximate surface area is 166 Å². The largest absolute Gasteiger partial charge is 0.392 e. The van der Waals surface area contributed by atoms with Crippen molar-refractivity contribution in [2.75, 3.05) is 13.1 Å². The standard InChI is InChI=1S/C20H22N4O5/c25-17-4-5-24(20(28)14-3-1-2-12-9-29-10-16(12)14)8-15(17)19(27)21-7-13-6-18(26)23-11-22-13/h1-3,6,11,15,17,25H,4-5,7-10H2,(H,21,27)(H,22,23,26)/t15-,17+/m0/s1. The summed E-state index contributed by atoms with van der Waals surface area (Å²) in [5.41, 5.74) is 2.60. The van der Waals surface area contributed by atoms with Gasteiger partial charge in [-0.1, -0.05) is 12.1 Å². The number of carbonyl (C=O) groups excluding carboxylic acids is 2. The molecule has 3 heterocycles. The van der Waals surface area contributed by atoms with Gasteiger partial charge in [-0.05, 0) is 23.6 Å². The summed E-state index contributed by atoms with van der Waals surface area (Å²) in [4.78, 5) is 45.0. The van der Waals surface area contributed by atoms with Gasteiger partial charge in [0, 0.05) is 24.7 Å². The molecule has 3 N–H and O–H groups in total. The summed E-state index contributed by atoms with van der Waals surface area (Å²) < 4.78 is 5.45. The van der Waals surface area contributed by atoms with Crippen molar-refractivity contribution in [1.82, 2.24) is 20.2 Å². The molecule has 29 heavy (non-hydrogen) atoms. The van der Waals surface area contributed by atoms with Crippen molar-refractivity contribution < 1.29 is 19.4 Å². The average molecular weight is 398 g/mol. The van der Waals surface area contributed by atoms with E-state index in [1.54, 1.807) is 11.0 Å². The number of H-pyrrole nitrogens is 1. The minimum Gasteiger partial charge on any atom is -0.392 e. The second-order valence-corrected chi connectivity index (χ2v) is 7.27. The molecular formula is C20H22N4O5. The summed E-state index contributed by atoms with van der Waals surface area (Å²) in [6, 6.07) is 6.84. The van der Waals surface area contributed by atoms with Crippen molar-refractivity contribution in [2.24, 2.45) is 5.92 Å². The van der Waals surface area contributed by atoms with Gasteiger partial charge in [0.25, 0.3) is 11.5 Å². The number of aromatic nitrogens is 2. The minimum absolute atomic E-state index is 0.0729. The number of ether oxygens (including phenoxy) is 1. The number of carbonyl (C=O) groups is 2. The van der Waals surface area contributed by atoms with Crippen LogP contribution >= 0.6 is 0 Å². The number of hydrogen-bond donors (Lipinski definition) is 3. The highest BCUT2D eigenvalue weighted by molar-refractivity contribution is 5.96. The maximum absolute atomic E-state index is 13.1. The van der Waals surface area contributed by atoms with E-state index in [-0.39, 0.29) is 30.5 Å². The first-order valence-electron chi connectivity index (χ1n) is 9.50. The highest BCUT2D eigenvalue weighted by Gasteiger charge is 2.36. The summed E-state index contributed by atoms with van der Waals surface area (Å²) in [5, 5.41) is 13.0. The molecule has 9 nitrogen and oxygen atoms in total. The topological polar surface area (TPSA) is 125 Å². The van der Waals surface area contributed by atoms with E-state index < -0.39 is 12.0 Å². The monoisotopic (exact) mass is 398 g/mol. The fraction of sp³-hybridized carbons (Fsp3) is 0.400. The minimum atomic E-state index is -0.837. The molecule has 0 bridgehead atoms. The Bertz CT molecular complexity index is 989. The summed E-state index contributed by atoms with van der Waals surface area (Å²) in [6.45, 7) is 1.48. The van der Waals surface area contributed by atoms with Crippen LogP contribution in [0.2, 0.25) is 0 Å². The molecule has 0 spiro atoms. The predicted octanol–water partition coefficient (Wildman–Crippen LogP) is -0.0605. The lowest BCUT2D eigenvalue weighted by molar-refractivity contribution is -0.131. The third-order valence-electron chi connectivity index (χ3n) is 5.39. The number of hydrogen-bond acceptors (Lipinski definition) is 6. The van der Waals surface area contributed by atoms with Crippen molar-refractivity contribution in [1.29, 1.82) is 0 Å². The number of piperidine rings is 1. The van der Waals surface area contributed by atoms with E-state index in [4.69, 9.17) is 4.74 Å². The SMILES string of the molecule is O=C(NCc1cc(=O)[nH]cn1)[C@H]1CN(C(=O)c2cccc3c2COC3)CC[C@H]1O. The Kier molecular flexibility index (Phi) is 5.41. The molecule has 0 aliphatic carbocycles. The van der Waals surface area contributed by atoms with E-state index in [1.807, 2.05) is 12.1 Å². The fourth-order valence-electron chi connectivity index (χ4n) is 3.77. The molecule has 2 aliphatic heterocycles. The van der Waals surface area contributed by atoms with Gasteiger partial charge in [0.05, 0.1) is 43.8 Å². The number of likely N-dealkylation sites (tertiary alicyclic amines) is 1. The van der Waals surface area contributed by atoms with Crippen LogP contribution in [0.1, 0.15) is 33.6 Å². The first-order valence-corrected chi connectivity index (χ1v) is 9.50. The van der Waals surface area contributed by atoms with Gasteiger partial charge >= 0.3 is 0 Å².